The molecule has 0 fully saturated rings. The number of Topliss-reactive ketones (excluding diaryl/α,β-unsaturated/α-hetero) is 1. The molecule has 0 aliphatic heterocycles. The minimum absolute atomic E-state index is 0.280. The molecule has 0 saturated heterocycles. The molecule has 0 aromatic heterocycles. The van der Waals surface area contributed by atoms with Crippen molar-refractivity contribution in [3.63, 3.8) is 0 Å². The quantitative estimate of drug-likeness (QED) is 0.896. The van der Waals surface area contributed by atoms with E-state index in [0.29, 0.717) is 13.0 Å². The molecule has 102 valence electrons. The van der Waals surface area contributed by atoms with E-state index in [-0.39, 0.29) is 5.78 Å². The number of hydrogen-bond acceptors (Lipinski definition) is 2. The topological polar surface area (TPSA) is 43.1 Å². The van der Waals surface area contributed by atoms with Crippen molar-refractivity contribution in [3.8, 4) is 0 Å². The van der Waals surface area contributed by atoms with Crippen LogP contribution in [0.5, 0.6) is 0 Å². The summed E-state index contributed by atoms with van der Waals surface area (Å²) in [5.41, 5.74) is 8.93. The standard InChI is InChI=1S/C17H23NO/c18-13-16-11-7-6-10-15(16)12-17(19)14-8-4-2-1-3-5-9-14/h6-8,10-11H,1-5,9,12-13,18H2/b14-8+. The van der Waals surface area contributed by atoms with Gasteiger partial charge in [0.15, 0.2) is 5.78 Å². The van der Waals surface area contributed by atoms with Crippen molar-refractivity contribution < 1.29 is 4.79 Å². The first-order valence-electron chi connectivity index (χ1n) is 7.30. The second-order valence-electron chi connectivity index (χ2n) is 5.26. The molecule has 0 atom stereocenters. The normalized spacial score (nSPS) is 19.1. The van der Waals surface area contributed by atoms with Crippen molar-refractivity contribution >= 4 is 5.78 Å². The molecule has 0 heterocycles. The van der Waals surface area contributed by atoms with E-state index in [1.54, 1.807) is 0 Å². The molecule has 2 nitrogen and oxygen atoms in total. The monoisotopic (exact) mass is 257 g/mol. The van der Waals surface area contributed by atoms with Crippen LogP contribution in [-0.2, 0) is 17.8 Å². The van der Waals surface area contributed by atoms with Gasteiger partial charge in [-0.3, -0.25) is 4.79 Å². The maximum atomic E-state index is 12.4. The molecule has 2 N–H and O–H groups in total. The van der Waals surface area contributed by atoms with E-state index >= 15 is 0 Å². The van der Waals surface area contributed by atoms with Crippen LogP contribution in [0.15, 0.2) is 35.9 Å². The molecule has 0 bridgehead atoms. The average Bonchev–Trinajstić information content (AvgIpc) is 2.38. The predicted molar refractivity (Wildman–Crippen MR) is 78.8 cm³/mol. The van der Waals surface area contributed by atoms with Crippen LogP contribution in [0.1, 0.15) is 49.7 Å². The third kappa shape index (κ3) is 4.03. The number of nitrogens with two attached hydrogens (primary N) is 1. The van der Waals surface area contributed by atoms with E-state index in [0.717, 1.165) is 36.0 Å². The van der Waals surface area contributed by atoms with Crippen LogP contribution in [0.25, 0.3) is 0 Å². The molecule has 1 aliphatic carbocycles. The summed E-state index contributed by atoms with van der Waals surface area (Å²) in [5.74, 6) is 0.280. The fraction of sp³-hybridized carbons (Fsp3) is 0.471. The lowest BCUT2D eigenvalue weighted by molar-refractivity contribution is -0.115. The zero-order valence-electron chi connectivity index (χ0n) is 11.5. The van der Waals surface area contributed by atoms with Gasteiger partial charge in [-0.25, -0.2) is 0 Å². The summed E-state index contributed by atoms with van der Waals surface area (Å²) < 4.78 is 0. The number of carbonyl (C=O) groups is 1. The fourth-order valence-electron chi connectivity index (χ4n) is 2.66. The van der Waals surface area contributed by atoms with E-state index in [4.69, 9.17) is 5.73 Å². The summed E-state index contributed by atoms with van der Waals surface area (Å²) in [5, 5.41) is 0. The summed E-state index contributed by atoms with van der Waals surface area (Å²) in [7, 11) is 0. The van der Waals surface area contributed by atoms with E-state index in [1.807, 2.05) is 24.3 Å². The number of carbonyl (C=O) groups excluding carboxylic acids is 1. The van der Waals surface area contributed by atoms with Crippen molar-refractivity contribution in [2.45, 2.75) is 51.5 Å². The highest BCUT2D eigenvalue weighted by Gasteiger charge is 2.13. The smallest absolute Gasteiger partial charge is 0.162 e. The Kier molecular flexibility index (Phi) is 5.34. The van der Waals surface area contributed by atoms with Gasteiger partial charge in [-0.15, -0.1) is 0 Å². The summed E-state index contributed by atoms with van der Waals surface area (Å²) in [4.78, 5) is 12.4. The van der Waals surface area contributed by atoms with Crippen molar-refractivity contribution in [2.24, 2.45) is 5.73 Å². The Morgan fingerprint density at radius 1 is 1.05 bits per heavy atom. The van der Waals surface area contributed by atoms with Crippen LogP contribution in [-0.4, -0.2) is 5.78 Å². The van der Waals surface area contributed by atoms with Crippen LogP contribution >= 0.6 is 0 Å². The largest absolute Gasteiger partial charge is 0.326 e. The van der Waals surface area contributed by atoms with Crippen LogP contribution in [0, 0.1) is 0 Å². The number of rotatable bonds is 4. The number of ketones is 1. The van der Waals surface area contributed by atoms with Gasteiger partial charge in [0.2, 0.25) is 0 Å². The number of hydrogen-bond donors (Lipinski definition) is 1. The highest BCUT2D eigenvalue weighted by molar-refractivity contribution is 5.96. The highest BCUT2D eigenvalue weighted by Crippen LogP contribution is 2.20. The van der Waals surface area contributed by atoms with Crippen molar-refractivity contribution in [3.05, 3.63) is 47.0 Å². The fourth-order valence-corrected chi connectivity index (χ4v) is 2.66. The zero-order chi connectivity index (χ0) is 13.5. The van der Waals surface area contributed by atoms with E-state index in [1.165, 1.54) is 19.3 Å². The Bertz CT molecular complexity index is 462. The van der Waals surface area contributed by atoms with Crippen LogP contribution in [0.2, 0.25) is 0 Å². The first-order valence-corrected chi connectivity index (χ1v) is 7.30. The van der Waals surface area contributed by atoms with Crippen LogP contribution in [0.3, 0.4) is 0 Å². The Labute approximate surface area is 115 Å². The van der Waals surface area contributed by atoms with E-state index < -0.39 is 0 Å². The third-order valence-corrected chi connectivity index (χ3v) is 3.84. The van der Waals surface area contributed by atoms with Crippen molar-refractivity contribution in [1.82, 2.24) is 0 Å². The molecule has 0 saturated carbocycles. The van der Waals surface area contributed by atoms with Gasteiger partial charge in [0.25, 0.3) is 0 Å². The van der Waals surface area contributed by atoms with E-state index in [2.05, 4.69) is 6.08 Å². The van der Waals surface area contributed by atoms with Crippen LogP contribution in [0.4, 0.5) is 0 Å². The Hall–Kier alpha value is -1.41. The highest BCUT2D eigenvalue weighted by atomic mass is 16.1. The lowest BCUT2D eigenvalue weighted by Gasteiger charge is -2.12. The van der Waals surface area contributed by atoms with Gasteiger partial charge in [-0.2, -0.15) is 0 Å². The third-order valence-electron chi connectivity index (χ3n) is 3.84. The summed E-state index contributed by atoms with van der Waals surface area (Å²) >= 11 is 0. The average molecular weight is 257 g/mol. The maximum Gasteiger partial charge on any atom is 0.162 e. The molecule has 0 spiro atoms. The minimum Gasteiger partial charge on any atom is -0.326 e. The summed E-state index contributed by atoms with van der Waals surface area (Å²) in [6.45, 7) is 0.502. The molecule has 1 aliphatic rings. The molecule has 0 radical (unpaired) electrons. The molecule has 1 aromatic carbocycles. The lowest BCUT2D eigenvalue weighted by Crippen LogP contribution is -2.11. The molecule has 2 heteroatoms. The van der Waals surface area contributed by atoms with Gasteiger partial charge in [-0.05, 0) is 42.4 Å². The number of benzene rings is 1. The molecule has 0 amide bonds. The predicted octanol–water partition coefficient (Wildman–Crippen LogP) is 3.54. The molecule has 0 unspecified atom stereocenters. The van der Waals surface area contributed by atoms with E-state index in [9.17, 15) is 4.79 Å². The SMILES string of the molecule is NCc1ccccc1CC(=O)/C1=C/CCCCCC1. The molecule has 1 aromatic rings. The second kappa shape index (κ2) is 7.25. The minimum atomic E-state index is 0.280. The summed E-state index contributed by atoms with van der Waals surface area (Å²) in [6.07, 6.45) is 9.58. The summed E-state index contributed by atoms with van der Waals surface area (Å²) in [6, 6.07) is 7.98. The molecule has 2 rings (SSSR count). The van der Waals surface area contributed by atoms with Gasteiger partial charge >= 0.3 is 0 Å². The van der Waals surface area contributed by atoms with Gasteiger partial charge < -0.3 is 5.73 Å². The molecular formula is C17H23NO. The van der Waals surface area contributed by atoms with Crippen molar-refractivity contribution in [1.29, 1.82) is 0 Å². The molecular weight excluding hydrogens is 234 g/mol. The maximum absolute atomic E-state index is 12.4. The Balaban J connectivity index is 2.07. The van der Waals surface area contributed by atoms with Crippen molar-refractivity contribution in [2.75, 3.05) is 0 Å². The zero-order valence-corrected chi connectivity index (χ0v) is 11.5. The number of allylic oxidation sites excluding steroid dienone is 2. The first-order chi connectivity index (χ1) is 9.31. The lowest BCUT2D eigenvalue weighted by atomic mass is 9.93. The molecule has 19 heavy (non-hydrogen) atoms. The van der Waals surface area contributed by atoms with Gasteiger partial charge in [0.05, 0.1) is 0 Å². The van der Waals surface area contributed by atoms with Gasteiger partial charge in [0, 0.05) is 13.0 Å². The Morgan fingerprint density at radius 3 is 2.58 bits per heavy atom. The first kappa shape index (κ1) is 14.0. The van der Waals surface area contributed by atoms with Gasteiger partial charge in [0.1, 0.15) is 0 Å². The van der Waals surface area contributed by atoms with Gasteiger partial charge in [-0.1, -0.05) is 43.2 Å². The second-order valence-corrected chi connectivity index (χ2v) is 5.26. The van der Waals surface area contributed by atoms with Crippen LogP contribution < -0.4 is 5.73 Å². The Morgan fingerprint density at radius 2 is 1.79 bits per heavy atom.